The molecule has 3 rings (SSSR count). The molecule has 2 aliphatic rings. The summed E-state index contributed by atoms with van der Waals surface area (Å²) in [6.45, 7) is 2.19. The van der Waals surface area contributed by atoms with Gasteiger partial charge in [-0.1, -0.05) is 0 Å². The largest absolute Gasteiger partial charge is 0.481 e. The molecule has 5 nitrogen and oxygen atoms in total. The van der Waals surface area contributed by atoms with Crippen molar-refractivity contribution in [3.05, 3.63) is 10.6 Å². The van der Waals surface area contributed by atoms with E-state index in [1.165, 1.54) is 6.42 Å². The topological polar surface area (TPSA) is 65.5 Å². The van der Waals surface area contributed by atoms with Crippen LogP contribution >= 0.6 is 11.3 Å². The molecule has 6 heteroatoms. The van der Waals surface area contributed by atoms with E-state index in [4.69, 9.17) is 0 Å². The molecular formula is C14H21N3O2S. The zero-order valence-corrected chi connectivity index (χ0v) is 12.6. The van der Waals surface area contributed by atoms with Crippen LogP contribution in [-0.2, 0) is 11.2 Å². The monoisotopic (exact) mass is 295 g/mol. The van der Waals surface area contributed by atoms with Gasteiger partial charge in [-0.05, 0) is 45.7 Å². The number of nitrogens with zero attached hydrogens (tertiary/aromatic N) is 2. The van der Waals surface area contributed by atoms with E-state index in [9.17, 15) is 9.90 Å². The Bertz CT molecular complexity index is 503. The second kappa shape index (κ2) is 5.69. The lowest BCUT2D eigenvalue weighted by Gasteiger charge is -2.30. The van der Waals surface area contributed by atoms with Crippen molar-refractivity contribution in [1.29, 1.82) is 0 Å². The number of anilines is 1. The molecule has 1 saturated heterocycles. The minimum absolute atomic E-state index is 0.403. The first kappa shape index (κ1) is 13.8. The number of thiazole rings is 1. The maximum Gasteiger partial charge on any atom is 0.312 e. The smallest absolute Gasteiger partial charge is 0.312 e. The van der Waals surface area contributed by atoms with E-state index in [1.54, 1.807) is 11.3 Å². The Kier molecular flexibility index (Phi) is 3.94. The number of aryl methyl sites for hydroxylation is 1. The highest BCUT2D eigenvalue weighted by Crippen LogP contribution is 2.37. The molecule has 0 spiro atoms. The number of rotatable bonds is 3. The number of piperidine rings is 1. The zero-order valence-electron chi connectivity index (χ0n) is 11.8. The fourth-order valence-corrected chi connectivity index (χ4v) is 4.32. The number of fused-ring (bicyclic) bond motifs is 1. The van der Waals surface area contributed by atoms with E-state index in [1.807, 2.05) is 0 Å². The van der Waals surface area contributed by atoms with Crippen molar-refractivity contribution >= 4 is 22.4 Å². The average molecular weight is 295 g/mol. The van der Waals surface area contributed by atoms with Crippen molar-refractivity contribution in [3.63, 3.8) is 0 Å². The highest BCUT2D eigenvalue weighted by atomic mass is 32.1. The fraction of sp³-hybridized carbons (Fsp3) is 0.714. The highest BCUT2D eigenvalue weighted by molar-refractivity contribution is 7.15. The molecule has 1 aliphatic heterocycles. The Morgan fingerprint density at radius 1 is 1.45 bits per heavy atom. The first-order valence-corrected chi connectivity index (χ1v) is 8.12. The van der Waals surface area contributed by atoms with Crippen molar-refractivity contribution < 1.29 is 9.90 Å². The summed E-state index contributed by atoms with van der Waals surface area (Å²) < 4.78 is 0. The van der Waals surface area contributed by atoms with E-state index in [-0.39, 0.29) is 0 Å². The summed E-state index contributed by atoms with van der Waals surface area (Å²) >= 11 is 1.65. The van der Waals surface area contributed by atoms with E-state index in [0.29, 0.717) is 6.04 Å². The lowest BCUT2D eigenvalue weighted by atomic mass is 9.91. The van der Waals surface area contributed by atoms with Crippen molar-refractivity contribution in [2.45, 2.75) is 44.1 Å². The van der Waals surface area contributed by atoms with Crippen molar-refractivity contribution in [1.82, 2.24) is 9.88 Å². The number of aliphatic carboxylic acids is 1. The lowest BCUT2D eigenvalue weighted by molar-refractivity contribution is -0.139. The van der Waals surface area contributed by atoms with Gasteiger partial charge in [0, 0.05) is 17.5 Å². The molecule has 1 fully saturated rings. The molecule has 1 aliphatic carbocycles. The number of carboxylic acids is 1. The number of likely N-dealkylation sites (N-methyl/N-ethyl adjacent to an activating group) is 1. The van der Waals surface area contributed by atoms with Gasteiger partial charge in [0.15, 0.2) is 5.13 Å². The van der Waals surface area contributed by atoms with Crippen LogP contribution in [0.1, 0.15) is 42.2 Å². The zero-order chi connectivity index (χ0) is 14.1. The molecule has 1 aromatic rings. The third-order valence-electron chi connectivity index (χ3n) is 4.20. The molecule has 0 aromatic carbocycles. The van der Waals surface area contributed by atoms with E-state index in [2.05, 4.69) is 22.2 Å². The van der Waals surface area contributed by atoms with Gasteiger partial charge in [-0.25, -0.2) is 4.98 Å². The van der Waals surface area contributed by atoms with Gasteiger partial charge in [0.1, 0.15) is 5.92 Å². The second-order valence-electron chi connectivity index (χ2n) is 5.86. The highest BCUT2D eigenvalue weighted by Gasteiger charge is 2.30. The Morgan fingerprint density at radius 3 is 3.05 bits per heavy atom. The summed E-state index contributed by atoms with van der Waals surface area (Å²) in [5.41, 5.74) is 0.806. The van der Waals surface area contributed by atoms with Crippen LogP contribution in [0, 0.1) is 0 Å². The summed E-state index contributed by atoms with van der Waals surface area (Å²) in [6.07, 6.45) is 5.02. The van der Waals surface area contributed by atoms with Gasteiger partial charge in [-0.15, -0.1) is 11.3 Å². The number of carbonyl (C=O) groups is 1. The van der Waals surface area contributed by atoms with Crippen LogP contribution in [0.5, 0.6) is 0 Å². The molecule has 0 amide bonds. The maximum atomic E-state index is 11.3. The van der Waals surface area contributed by atoms with Gasteiger partial charge in [-0.3, -0.25) is 4.79 Å². The molecular weight excluding hydrogens is 274 g/mol. The molecule has 2 atom stereocenters. The number of hydrogen-bond acceptors (Lipinski definition) is 5. The predicted molar refractivity (Wildman–Crippen MR) is 79.6 cm³/mol. The number of nitrogens with one attached hydrogen (secondary N) is 1. The molecule has 20 heavy (non-hydrogen) atoms. The van der Waals surface area contributed by atoms with Crippen LogP contribution in [0.25, 0.3) is 0 Å². The maximum absolute atomic E-state index is 11.3. The van der Waals surface area contributed by atoms with Gasteiger partial charge in [0.25, 0.3) is 0 Å². The first-order valence-electron chi connectivity index (χ1n) is 7.31. The summed E-state index contributed by atoms with van der Waals surface area (Å²) in [5.74, 6) is -1.14. The van der Waals surface area contributed by atoms with Crippen molar-refractivity contribution in [3.8, 4) is 0 Å². The quantitative estimate of drug-likeness (QED) is 0.894. The van der Waals surface area contributed by atoms with Crippen LogP contribution in [0.3, 0.4) is 0 Å². The van der Waals surface area contributed by atoms with Crippen molar-refractivity contribution in [2.24, 2.45) is 0 Å². The van der Waals surface area contributed by atoms with Crippen LogP contribution < -0.4 is 5.32 Å². The first-order chi connectivity index (χ1) is 9.63. The van der Waals surface area contributed by atoms with Crippen LogP contribution in [0.4, 0.5) is 5.13 Å². The minimum atomic E-state index is -0.736. The van der Waals surface area contributed by atoms with E-state index in [0.717, 1.165) is 54.5 Å². The summed E-state index contributed by atoms with van der Waals surface area (Å²) in [5, 5.41) is 13.7. The number of likely N-dealkylation sites (tertiary alicyclic amines) is 1. The molecule has 0 saturated carbocycles. The van der Waals surface area contributed by atoms with Gasteiger partial charge in [0.2, 0.25) is 0 Å². The molecule has 0 bridgehead atoms. The molecule has 110 valence electrons. The standard InChI is InChI=1S/C14H21N3O2S/c1-17-7-3-4-9(8-17)15-14-16-12-10(13(18)19)5-2-6-11(12)20-14/h9-10H,2-8H2,1H3,(H,15,16)(H,18,19). The Labute approximate surface area is 123 Å². The van der Waals surface area contributed by atoms with Crippen LogP contribution in [-0.4, -0.2) is 47.1 Å². The van der Waals surface area contributed by atoms with E-state index < -0.39 is 11.9 Å². The third-order valence-corrected chi connectivity index (χ3v) is 5.27. The third kappa shape index (κ3) is 2.81. The Balaban J connectivity index is 1.74. The molecule has 2 heterocycles. The van der Waals surface area contributed by atoms with Gasteiger partial charge in [-0.2, -0.15) is 0 Å². The summed E-state index contributed by atoms with van der Waals surface area (Å²) in [7, 11) is 2.14. The second-order valence-corrected chi connectivity index (χ2v) is 6.94. The summed E-state index contributed by atoms with van der Waals surface area (Å²) in [4.78, 5) is 19.4. The number of aromatic nitrogens is 1. The summed E-state index contributed by atoms with van der Waals surface area (Å²) in [6, 6.07) is 0.435. The van der Waals surface area contributed by atoms with E-state index >= 15 is 0 Å². The van der Waals surface area contributed by atoms with Crippen molar-refractivity contribution in [2.75, 3.05) is 25.5 Å². The fourth-order valence-electron chi connectivity index (χ4n) is 3.18. The van der Waals surface area contributed by atoms with Gasteiger partial charge in [0.05, 0.1) is 5.69 Å². The molecule has 0 radical (unpaired) electrons. The number of hydrogen-bond donors (Lipinski definition) is 2. The molecule has 2 N–H and O–H groups in total. The number of carboxylic acid groups (broad SMARTS) is 1. The molecule has 2 unspecified atom stereocenters. The van der Waals surface area contributed by atoms with Gasteiger partial charge < -0.3 is 15.3 Å². The Hall–Kier alpha value is -1.14. The SMILES string of the molecule is CN1CCCC(Nc2nc3c(s2)CCCC3C(=O)O)C1. The van der Waals surface area contributed by atoms with Gasteiger partial charge >= 0.3 is 5.97 Å². The van der Waals surface area contributed by atoms with Crippen LogP contribution in [0.2, 0.25) is 0 Å². The lowest BCUT2D eigenvalue weighted by Crippen LogP contribution is -2.39. The average Bonchev–Trinajstić information content (AvgIpc) is 2.80. The molecule has 1 aromatic heterocycles. The predicted octanol–water partition coefficient (Wildman–Crippen LogP) is 2.15. The Morgan fingerprint density at radius 2 is 2.30 bits per heavy atom. The minimum Gasteiger partial charge on any atom is -0.481 e. The van der Waals surface area contributed by atoms with Crippen LogP contribution in [0.15, 0.2) is 0 Å². The normalized spacial score (nSPS) is 27.1.